The molecule has 0 atom stereocenters. The number of hydrogen-bond acceptors (Lipinski definition) is 5. The van der Waals surface area contributed by atoms with Gasteiger partial charge in [0.05, 0.1) is 29.9 Å². The van der Waals surface area contributed by atoms with Crippen LogP contribution in [0.5, 0.6) is 0 Å². The average Bonchev–Trinajstić information content (AvgIpc) is 3.20. The Labute approximate surface area is 188 Å². The number of aryl methyl sites for hydroxylation is 4. The van der Waals surface area contributed by atoms with Crippen molar-refractivity contribution in [2.75, 3.05) is 44.3 Å². The number of fused-ring (bicyclic) bond motifs is 1. The first-order chi connectivity index (χ1) is 14.9. The van der Waals surface area contributed by atoms with Crippen LogP contribution in [0.3, 0.4) is 0 Å². The highest BCUT2D eigenvalue weighted by molar-refractivity contribution is 7.22. The zero-order valence-electron chi connectivity index (χ0n) is 18.9. The summed E-state index contributed by atoms with van der Waals surface area (Å²) in [7, 11) is 0. The predicted octanol–water partition coefficient (Wildman–Crippen LogP) is 4.44. The molecule has 0 radical (unpaired) electrons. The van der Waals surface area contributed by atoms with Crippen LogP contribution >= 0.6 is 11.3 Å². The molecular weight excluding hydrogens is 406 g/mol. The van der Waals surface area contributed by atoms with E-state index < -0.39 is 0 Å². The minimum Gasteiger partial charge on any atom is -0.379 e. The third kappa shape index (κ3) is 4.97. The van der Waals surface area contributed by atoms with Gasteiger partial charge < -0.3 is 4.74 Å². The third-order valence-corrected chi connectivity index (χ3v) is 7.26. The van der Waals surface area contributed by atoms with Gasteiger partial charge in [-0.05, 0) is 49.9 Å². The van der Waals surface area contributed by atoms with Crippen molar-refractivity contribution >= 4 is 32.6 Å². The van der Waals surface area contributed by atoms with Gasteiger partial charge in [0.15, 0.2) is 5.13 Å². The van der Waals surface area contributed by atoms with Crippen molar-refractivity contribution in [1.82, 2.24) is 9.88 Å². The van der Waals surface area contributed by atoms with Gasteiger partial charge in [-0.3, -0.25) is 14.6 Å². The molecule has 0 aliphatic carbocycles. The highest BCUT2D eigenvalue weighted by Gasteiger charge is 2.23. The Bertz CT molecular complexity index is 1050. The number of carbonyl (C=O) groups is 1. The fourth-order valence-electron chi connectivity index (χ4n) is 4.06. The summed E-state index contributed by atoms with van der Waals surface area (Å²) in [6.07, 6.45) is 0.392. The molecule has 1 fully saturated rings. The fraction of sp³-hybridized carbons (Fsp3) is 0.440. The van der Waals surface area contributed by atoms with Crippen molar-refractivity contribution in [2.45, 2.75) is 34.1 Å². The predicted molar refractivity (Wildman–Crippen MR) is 128 cm³/mol. The summed E-state index contributed by atoms with van der Waals surface area (Å²) in [5.41, 5.74) is 6.83. The van der Waals surface area contributed by atoms with Crippen LogP contribution in [0.15, 0.2) is 30.3 Å². The minimum atomic E-state index is 0.106. The molecular formula is C25H31N3O2S. The molecule has 0 saturated carbocycles. The lowest BCUT2D eigenvalue weighted by molar-refractivity contribution is -0.118. The van der Waals surface area contributed by atoms with E-state index in [-0.39, 0.29) is 5.91 Å². The number of morpholine rings is 1. The molecule has 0 unspecified atom stereocenters. The Morgan fingerprint density at radius 3 is 2.52 bits per heavy atom. The second-order valence-corrected chi connectivity index (χ2v) is 9.46. The zero-order chi connectivity index (χ0) is 22.0. The van der Waals surface area contributed by atoms with Crippen molar-refractivity contribution < 1.29 is 9.53 Å². The minimum absolute atomic E-state index is 0.106. The number of nitrogens with zero attached hydrogens (tertiary/aromatic N) is 3. The first-order valence-electron chi connectivity index (χ1n) is 11.0. The van der Waals surface area contributed by atoms with Crippen molar-refractivity contribution in [2.24, 2.45) is 0 Å². The highest BCUT2D eigenvalue weighted by Crippen LogP contribution is 2.33. The molecule has 2 heterocycles. The van der Waals surface area contributed by atoms with Gasteiger partial charge in [-0.1, -0.05) is 47.2 Å². The summed E-state index contributed by atoms with van der Waals surface area (Å²) >= 11 is 1.63. The van der Waals surface area contributed by atoms with Gasteiger partial charge in [-0.15, -0.1) is 0 Å². The lowest BCUT2D eigenvalue weighted by Gasteiger charge is -2.29. The van der Waals surface area contributed by atoms with E-state index in [0.29, 0.717) is 13.0 Å². The second kappa shape index (κ2) is 9.47. The summed E-state index contributed by atoms with van der Waals surface area (Å²) in [5.74, 6) is 0.106. The number of hydrogen-bond donors (Lipinski definition) is 0. The zero-order valence-corrected chi connectivity index (χ0v) is 19.7. The molecule has 0 spiro atoms. The summed E-state index contributed by atoms with van der Waals surface area (Å²) in [4.78, 5) is 22.7. The van der Waals surface area contributed by atoms with E-state index in [0.717, 1.165) is 60.2 Å². The molecule has 164 valence electrons. The maximum atomic E-state index is 13.5. The van der Waals surface area contributed by atoms with Crippen LogP contribution in [0.2, 0.25) is 0 Å². The van der Waals surface area contributed by atoms with Crippen LogP contribution in [-0.2, 0) is 16.0 Å². The molecule has 5 nitrogen and oxygen atoms in total. The van der Waals surface area contributed by atoms with Gasteiger partial charge in [0, 0.05) is 26.2 Å². The van der Waals surface area contributed by atoms with Crippen LogP contribution in [0.1, 0.15) is 27.8 Å². The summed E-state index contributed by atoms with van der Waals surface area (Å²) in [6, 6.07) is 10.5. The third-order valence-electron chi connectivity index (χ3n) is 6.05. The molecule has 1 saturated heterocycles. The molecule has 1 aliphatic rings. The van der Waals surface area contributed by atoms with Gasteiger partial charge in [-0.2, -0.15) is 0 Å². The quantitative estimate of drug-likeness (QED) is 0.572. The van der Waals surface area contributed by atoms with E-state index in [4.69, 9.17) is 9.72 Å². The standard InChI is InChI=1S/C25H31N3O2S/c1-17-5-8-21(20(4)15-17)16-22(29)28(10-9-27-11-13-30-14-12-27)25-26-23-18(2)6-7-19(3)24(23)31-25/h5-8,15H,9-14,16H2,1-4H3. The van der Waals surface area contributed by atoms with Gasteiger partial charge in [0.1, 0.15) is 0 Å². The van der Waals surface area contributed by atoms with Crippen molar-refractivity contribution in [3.05, 3.63) is 58.1 Å². The van der Waals surface area contributed by atoms with Crippen molar-refractivity contribution in [1.29, 1.82) is 0 Å². The molecule has 3 aromatic rings. The molecule has 1 amide bonds. The number of aromatic nitrogens is 1. The smallest absolute Gasteiger partial charge is 0.233 e. The lowest BCUT2D eigenvalue weighted by atomic mass is 10.0. The van der Waals surface area contributed by atoms with E-state index in [2.05, 4.69) is 62.9 Å². The number of amides is 1. The van der Waals surface area contributed by atoms with E-state index in [9.17, 15) is 4.79 Å². The molecule has 0 N–H and O–H groups in total. The normalized spacial score (nSPS) is 14.8. The fourth-order valence-corrected chi connectivity index (χ4v) is 5.21. The molecule has 0 bridgehead atoms. The SMILES string of the molecule is Cc1ccc(CC(=O)N(CCN2CCOCC2)c2nc3c(C)ccc(C)c3s2)c(C)c1. The van der Waals surface area contributed by atoms with Crippen LogP contribution in [0.25, 0.3) is 10.2 Å². The first-order valence-corrected chi connectivity index (χ1v) is 11.8. The van der Waals surface area contributed by atoms with Crippen molar-refractivity contribution in [3.8, 4) is 0 Å². The number of rotatable bonds is 6. The van der Waals surface area contributed by atoms with Gasteiger partial charge in [-0.25, -0.2) is 4.98 Å². The van der Waals surface area contributed by atoms with E-state index >= 15 is 0 Å². The van der Waals surface area contributed by atoms with Crippen LogP contribution < -0.4 is 4.90 Å². The van der Waals surface area contributed by atoms with Crippen LogP contribution in [0.4, 0.5) is 5.13 Å². The molecule has 4 rings (SSSR count). The Balaban J connectivity index is 1.62. The summed E-state index contributed by atoms with van der Waals surface area (Å²) < 4.78 is 6.65. The number of anilines is 1. The average molecular weight is 438 g/mol. The maximum Gasteiger partial charge on any atom is 0.233 e. The number of carbonyl (C=O) groups excluding carboxylic acids is 1. The summed E-state index contributed by atoms with van der Waals surface area (Å²) in [5, 5.41) is 0.801. The maximum absolute atomic E-state index is 13.5. The molecule has 1 aliphatic heterocycles. The second-order valence-electron chi connectivity index (χ2n) is 8.48. The molecule has 31 heavy (non-hydrogen) atoms. The van der Waals surface area contributed by atoms with E-state index in [1.807, 2.05) is 4.90 Å². The van der Waals surface area contributed by atoms with Gasteiger partial charge in [0.2, 0.25) is 5.91 Å². The lowest BCUT2D eigenvalue weighted by Crippen LogP contribution is -2.43. The topological polar surface area (TPSA) is 45.7 Å². The number of ether oxygens (including phenoxy) is 1. The molecule has 6 heteroatoms. The van der Waals surface area contributed by atoms with Gasteiger partial charge in [0.25, 0.3) is 0 Å². The van der Waals surface area contributed by atoms with Gasteiger partial charge >= 0.3 is 0 Å². The van der Waals surface area contributed by atoms with Crippen LogP contribution in [0, 0.1) is 27.7 Å². The largest absolute Gasteiger partial charge is 0.379 e. The van der Waals surface area contributed by atoms with Crippen LogP contribution in [-0.4, -0.2) is 55.2 Å². The Hall–Kier alpha value is -2.28. The monoisotopic (exact) mass is 437 g/mol. The number of thiazole rings is 1. The molecule has 2 aromatic carbocycles. The Kier molecular flexibility index (Phi) is 6.70. The van der Waals surface area contributed by atoms with E-state index in [1.54, 1.807) is 11.3 Å². The van der Waals surface area contributed by atoms with Crippen molar-refractivity contribution in [3.63, 3.8) is 0 Å². The number of benzene rings is 2. The Morgan fingerprint density at radius 2 is 1.81 bits per heavy atom. The highest BCUT2D eigenvalue weighted by atomic mass is 32.1. The molecule has 1 aromatic heterocycles. The first kappa shape index (κ1) is 21.9. The Morgan fingerprint density at radius 1 is 1.06 bits per heavy atom. The van der Waals surface area contributed by atoms with E-state index in [1.165, 1.54) is 15.8 Å². The summed E-state index contributed by atoms with van der Waals surface area (Å²) in [6.45, 7) is 13.2.